The summed E-state index contributed by atoms with van der Waals surface area (Å²) in [6.07, 6.45) is 1.15. The Hall–Kier alpha value is -2.80. The molecule has 0 bridgehead atoms. The second-order valence-electron chi connectivity index (χ2n) is 7.85. The molecule has 2 aromatic carbocycles. The number of carbonyl (C=O) groups is 2. The summed E-state index contributed by atoms with van der Waals surface area (Å²) in [4.78, 5) is 28.8. The SMILES string of the molecule is CN(C)C(CNC(=O)C1CCN(C(=O)c2ccc(F)cc2)CC1)c1cccc(F)c1. The van der Waals surface area contributed by atoms with Crippen molar-refractivity contribution in [2.75, 3.05) is 33.7 Å². The molecule has 0 saturated carbocycles. The maximum Gasteiger partial charge on any atom is 0.253 e. The highest BCUT2D eigenvalue weighted by molar-refractivity contribution is 5.94. The first-order chi connectivity index (χ1) is 14.3. The van der Waals surface area contributed by atoms with Crippen LogP contribution in [0.1, 0.15) is 34.8 Å². The van der Waals surface area contributed by atoms with E-state index in [-0.39, 0.29) is 35.4 Å². The summed E-state index contributed by atoms with van der Waals surface area (Å²) in [5.74, 6) is -1.04. The molecule has 0 radical (unpaired) electrons. The van der Waals surface area contributed by atoms with Gasteiger partial charge in [0, 0.05) is 31.1 Å². The van der Waals surface area contributed by atoms with Crippen LogP contribution in [0.15, 0.2) is 48.5 Å². The number of likely N-dealkylation sites (N-methyl/N-ethyl adjacent to an activating group) is 1. The van der Waals surface area contributed by atoms with Crippen LogP contribution in [-0.2, 0) is 4.79 Å². The fraction of sp³-hybridized carbons (Fsp3) is 0.391. The molecule has 2 aromatic rings. The number of piperidine rings is 1. The maximum atomic E-state index is 13.6. The van der Waals surface area contributed by atoms with E-state index in [0.29, 0.717) is 38.0 Å². The van der Waals surface area contributed by atoms with Crippen molar-refractivity contribution in [1.29, 1.82) is 0 Å². The lowest BCUT2D eigenvalue weighted by molar-refractivity contribution is -0.126. The van der Waals surface area contributed by atoms with Crippen molar-refractivity contribution in [3.63, 3.8) is 0 Å². The van der Waals surface area contributed by atoms with Crippen LogP contribution in [0.4, 0.5) is 8.78 Å². The van der Waals surface area contributed by atoms with E-state index >= 15 is 0 Å². The lowest BCUT2D eigenvalue weighted by Gasteiger charge is -2.32. The van der Waals surface area contributed by atoms with Gasteiger partial charge in [0.05, 0.1) is 6.04 Å². The Kier molecular flexibility index (Phi) is 7.15. The number of amides is 2. The number of hydrogen-bond donors (Lipinski definition) is 1. The summed E-state index contributed by atoms with van der Waals surface area (Å²) in [5.41, 5.74) is 1.25. The molecule has 2 amide bonds. The predicted octanol–water partition coefficient (Wildman–Crippen LogP) is 3.24. The summed E-state index contributed by atoms with van der Waals surface area (Å²) in [6, 6.07) is 11.8. The second kappa shape index (κ2) is 9.80. The van der Waals surface area contributed by atoms with E-state index in [0.717, 1.165) is 5.56 Å². The Morgan fingerprint density at radius 2 is 1.73 bits per heavy atom. The van der Waals surface area contributed by atoms with Gasteiger partial charge in [0.25, 0.3) is 5.91 Å². The smallest absolute Gasteiger partial charge is 0.253 e. The highest BCUT2D eigenvalue weighted by Crippen LogP contribution is 2.21. The fourth-order valence-corrected chi connectivity index (χ4v) is 3.77. The lowest BCUT2D eigenvalue weighted by atomic mass is 9.95. The van der Waals surface area contributed by atoms with E-state index in [9.17, 15) is 18.4 Å². The first-order valence-corrected chi connectivity index (χ1v) is 10.1. The van der Waals surface area contributed by atoms with Gasteiger partial charge in [0.1, 0.15) is 11.6 Å². The van der Waals surface area contributed by atoms with Gasteiger partial charge in [-0.25, -0.2) is 8.78 Å². The topological polar surface area (TPSA) is 52.7 Å². The summed E-state index contributed by atoms with van der Waals surface area (Å²) in [5, 5.41) is 2.99. The van der Waals surface area contributed by atoms with Crippen LogP contribution >= 0.6 is 0 Å². The van der Waals surface area contributed by atoms with Gasteiger partial charge in [-0.2, -0.15) is 0 Å². The molecular formula is C23H27F2N3O2. The molecule has 0 spiro atoms. The van der Waals surface area contributed by atoms with Crippen molar-refractivity contribution in [3.05, 3.63) is 71.3 Å². The molecule has 1 heterocycles. The number of likely N-dealkylation sites (tertiary alicyclic amines) is 1. The lowest BCUT2D eigenvalue weighted by Crippen LogP contribution is -2.44. The van der Waals surface area contributed by atoms with E-state index in [4.69, 9.17) is 0 Å². The number of hydrogen-bond acceptors (Lipinski definition) is 3. The van der Waals surface area contributed by atoms with Gasteiger partial charge in [0.15, 0.2) is 0 Å². The van der Waals surface area contributed by atoms with Gasteiger partial charge in [-0.3, -0.25) is 9.59 Å². The van der Waals surface area contributed by atoms with Crippen LogP contribution in [-0.4, -0.2) is 55.3 Å². The van der Waals surface area contributed by atoms with Crippen LogP contribution in [0.2, 0.25) is 0 Å². The number of rotatable bonds is 6. The van der Waals surface area contributed by atoms with E-state index in [1.807, 2.05) is 25.1 Å². The van der Waals surface area contributed by atoms with Gasteiger partial charge >= 0.3 is 0 Å². The Labute approximate surface area is 175 Å². The monoisotopic (exact) mass is 415 g/mol. The molecule has 1 fully saturated rings. The largest absolute Gasteiger partial charge is 0.354 e. The average Bonchev–Trinajstić information content (AvgIpc) is 2.74. The maximum absolute atomic E-state index is 13.6. The zero-order valence-electron chi connectivity index (χ0n) is 17.3. The molecule has 1 atom stereocenters. The van der Waals surface area contributed by atoms with E-state index in [2.05, 4.69) is 5.32 Å². The third-order valence-corrected chi connectivity index (χ3v) is 5.57. The minimum absolute atomic E-state index is 0.0489. The molecule has 1 aliphatic rings. The molecule has 7 heteroatoms. The Morgan fingerprint density at radius 3 is 2.33 bits per heavy atom. The molecule has 1 N–H and O–H groups in total. The van der Waals surface area contributed by atoms with Crippen molar-refractivity contribution >= 4 is 11.8 Å². The van der Waals surface area contributed by atoms with Crippen LogP contribution in [0.3, 0.4) is 0 Å². The average molecular weight is 415 g/mol. The van der Waals surface area contributed by atoms with Gasteiger partial charge in [-0.15, -0.1) is 0 Å². The summed E-state index contributed by atoms with van der Waals surface area (Å²) in [7, 11) is 3.78. The number of nitrogens with one attached hydrogen (secondary N) is 1. The molecule has 30 heavy (non-hydrogen) atoms. The van der Waals surface area contributed by atoms with Gasteiger partial charge < -0.3 is 15.1 Å². The number of nitrogens with zero attached hydrogens (tertiary/aromatic N) is 2. The minimum Gasteiger partial charge on any atom is -0.354 e. The molecule has 1 aliphatic heterocycles. The fourth-order valence-electron chi connectivity index (χ4n) is 3.77. The molecule has 5 nitrogen and oxygen atoms in total. The zero-order valence-corrected chi connectivity index (χ0v) is 17.3. The Bertz CT molecular complexity index is 878. The van der Waals surface area contributed by atoms with Gasteiger partial charge in [-0.05, 0) is 68.9 Å². The van der Waals surface area contributed by atoms with Crippen molar-refractivity contribution in [3.8, 4) is 0 Å². The summed E-state index contributed by atoms with van der Waals surface area (Å²) >= 11 is 0. The number of benzene rings is 2. The standard InChI is InChI=1S/C23H27F2N3O2/c1-27(2)21(18-4-3-5-20(25)14-18)15-26-22(29)16-10-12-28(13-11-16)23(30)17-6-8-19(24)9-7-17/h3-9,14,16,21H,10-13,15H2,1-2H3,(H,26,29). The highest BCUT2D eigenvalue weighted by atomic mass is 19.1. The zero-order chi connectivity index (χ0) is 21.7. The van der Waals surface area contributed by atoms with Crippen molar-refractivity contribution < 1.29 is 18.4 Å². The predicted molar refractivity (Wildman–Crippen MR) is 111 cm³/mol. The Balaban J connectivity index is 1.52. The van der Waals surface area contributed by atoms with Crippen LogP contribution < -0.4 is 5.32 Å². The molecule has 0 aromatic heterocycles. The highest BCUT2D eigenvalue weighted by Gasteiger charge is 2.28. The van der Waals surface area contributed by atoms with Crippen molar-refractivity contribution in [2.45, 2.75) is 18.9 Å². The van der Waals surface area contributed by atoms with E-state index < -0.39 is 0 Å². The Morgan fingerprint density at radius 1 is 1.07 bits per heavy atom. The molecule has 160 valence electrons. The number of carbonyl (C=O) groups excluding carboxylic acids is 2. The third kappa shape index (κ3) is 5.42. The normalized spacial score (nSPS) is 15.8. The third-order valence-electron chi connectivity index (χ3n) is 5.57. The van der Waals surface area contributed by atoms with Crippen molar-refractivity contribution in [2.24, 2.45) is 5.92 Å². The van der Waals surface area contributed by atoms with Gasteiger partial charge in [0.2, 0.25) is 5.91 Å². The second-order valence-corrected chi connectivity index (χ2v) is 7.85. The molecule has 1 saturated heterocycles. The summed E-state index contributed by atoms with van der Waals surface area (Å²) in [6.45, 7) is 1.34. The van der Waals surface area contributed by atoms with Gasteiger partial charge in [-0.1, -0.05) is 12.1 Å². The van der Waals surface area contributed by atoms with Crippen LogP contribution in [0.25, 0.3) is 0 Å². The molecular weight excluding hydrogens is 388 g/mol. The van der Waals surface area contributed by atoms with E-state index in [1.165, 1.54) is 36.4 Å². The van der Waals surface area contributed by atoms with Crippen LogP contribution in [0.5, 0.6) is 0 Å². The molecule has 3 rings (SSSR count). The summed E-state index contributed by atoms with van der Waals surface area (Å²) < 4.78 is 26.6. The van der Waals surface area contributed by atoms with Crippen molar-refractivity contribution in [1.82, 2.24) is 15.1 Å². The quantitative estimate of drug-likeness (QED) is 0.788. The van der Waals surface area contributed by atoms with E-state index in [1.54, 1.807) is 11.0 Å². The first-order valence-electron chi connectivity index (χ1n) is 10.1. The number of halogens is 2. The minimum atomic E-state index is -0.379. The van der Waals surface area contributed by atoms with Crippen LogP contribution in [0, 0.1) is 17.6 Å². The molecule has 1 unspecified atom stereocenters. The molecule has 0 aliphatic carbocycles. The first kappa shape index (κ1) is 21.9.